The van der Waals surface area contributed by atoms with Crippen LogP contribution >= 0.6 is 0 Å². The Morgan fingerprint density at radius 3 is 2.62 bits per heavy atom. The van der Waals surface area contributed by atoms with Crippen LogP contribution in [0.5, 0.6) is 0 Å². The highest BCUT2D eigenvalue weighted by molar-refractivity contribution is 5.82. The topological polar surface area (TPSA) is 84.2 Å². The second kappa shape index (κ2) is 7.78. The molecule has 0 saturated heterocycles. The molecule has 0 aliphatic heterocycles. The molecule has 1 aromatic rings. The maximum absolute atomic E-state index is 11.8. The minimum Gasteiger partial charge on any atom is -0.355 e. The van der Waals surface area contributed by atoms with E-state index in [4.69, 9.17) is 5.73 Å². The molecular weight excluding hydrogens is 266 g/mol. The summed E-state index contributed by atoms with van der Waals surface area (Å²) in [4.78, 5) is 23.3. The lowest BCUT2D eigenvalue weighted by Gasteiger charge is -2.12. The van der Waals surface area contributed by atoms with Crippen molar-refractivity contribution in [3.05, 3.63) is 35.9 Å². The predicted molar refractivity (Wildman–Crippen MR) is 81.5 cm³/mol. The summed E-state index contributed by atoms with van der Waals surface area (Å²) in [5.41, 5.74) is 6.92. The molecular formula is C16H23N3O2. The first-order chi connectivity index (χ1) is 10.1. The molecule has 114 valence electrons. The third kappa shape index (κ3) is 5.95. The second-order valence-electron chi connectivity index (χ2n) is 5.53. The minimum absolute atomic E-state index is 0.0698. The molecule has 1 aliphatic rings. The molecule has 2 rings (SSSR count). The Balaban J connectivity index is 1.58. The third-order valence-electron chi connectivity index (χ3n) is 3.46. The molecule has 2 amide bonds. The first kappa shape index (κ1) is 15.5. The van der Waals surface area contributed by atoms with Gasteiger partial charge in [-0.05, 0) is 31.2 Å². The van der Waals surface area contributed by atoms with E-state index in [2.05, 4.69) is 10.6 Å². The summed E-state index contributed by atoms with van der Waals surface area (Å²) >= 11 is 0. The van der Waals surface area contributed by atoms with Crippen LogP contribution in [0.1, 0.15) is 31.2 Å². The van der Waals surface area contributed by atoms with Crippen molar-refractivity contribution >= 4 is 11.8 Å². The summed E-state index contributed by atoms with van der Waals surface area (Å²) < 4.78 is 0. The molecule has 1 saturated carbocycles. The van der Waals surface area contributed by atoms with Crippen LogP contribution in [0, 0.1) is 0 Å². The average molecular weight is 289 g/mol. The first-order valence-electron chi connectivity index (χ1n) is 7.52. The van der Waals surface area contributed by atoms with Crippen molar-refractivity contribution in [2.45, 2.75) is 44.2 Å². The summed E-state index contributed by atoms with van der Waals surface area (Å²) in [7, 11) is 0. The molecule has 5 nitrogen and oxygen atoms in total. The van der Waals surface area contributed by atoms with Gasteiger partial charge in [-0.2, -0.15) is 0 Å². The summed E-state index contributed by atoms with van der Waals surface area (Å²) in [6.45, 7) is 0.486. The largest absolute Gasteiger partial charge is 0.355 e. The smallest absolute Gasteiger partial charge is 0.237 e. The Morgan fingerprint density at radius 1 is 1.24 bits per heavy atom. The zero-order valence-electron chi connectivity index (χ0n) is 12.2. The van der Waals surface area contributed by atoms with Crippen LogP contribution in [0.15, 0.2) is 30.3 Å². The Hall–Kier alpha value is -1.88. The van der Waals surface area contributed by atoms with Crippen LogP contribution < -0.4 is 16.4 Å². The molecule has 0 spiro atoms. The van der Waals surface area contributed by atoms with Gasteiger partial charge in [0.25, 0.3) is 0 Å². The first-order valence-corrected chi connectivity index (χ1v) is 7.52. The number of amides is 2. The van der Waals surface area contributed by atoms with Crippen LogP contribution in [-0.4, -0.2) is 30.4 Å². The molecule has 21 heavy (non-hydrogen) atoms. The van der Waals surface area contributed by atoms with Gasteiger partial charge in [0.05, 0.1) is 6.04 Å². The van der Waals surface area contributed by atoms with E-state index in [1.165, 1.54) is 0 Å². The van der Waals surface area contributed by atoms with Gasteiger partial charge in [-0.1, -0.05) is 30.3 Å². The zero-order chi connectivity index (χ0) is 15.1. The average Bonchev–Trinajstić information content (AvgIpc) is 3.28. The number of nitrogens with two attached hydrogens (primary N) is 1. The molecule has 1 aromatic carbocycles. The Labute approximate surface area is 125 Å². The summed E-state index contributed by atoms with van der Waals surface area (Å²) in [5.74, 6) is -0.0956. The van der Waals surface area contributed by atoms with Crippen molar-refractivity contribution in [2.24, 2.45) is 5.73 Å². The molecule has 0 bridgehead atoms. The molecule has 0 aromatic heterocycles. The predicted octanol–water partition coefficient (Wildman–Crippen LogP) is 0.731. The molecule has 1 unspecified atom stereocenters. The normalized spacial score (nSPS) is 15.3. The van der Waals surface area contributed by atoms with Crippen molar-refractivity contribution in [1.82, 2.24) is 10.6 Å². The maximum Gasteiger partial charge on any atom is 0.237 e. The number of benzene rings is 1. The molecule has 1 fully saturated rings. The fourth-order valence-corrected chi connectivity index (χ4v) is 2.08. The van der Waals surface area contributed by atoms with Crippen molar-refractivity contribution in [1.29, 1.82) is 0 Å². The van der Waals surface area contributed by atoms with Crippen LogP contribution in [0.25, 0.3) is 0 Å². The fourth-order valence-electron chi connectivity index (χ4n) is 2.08. The highest BCUT2D eigenvalue weighted by Gasteiger charge is 2.22. The maximum atomic E-state index is 11.8. The van der Waals surface area contributed by atoms with E-state index < -0.39 is 6.04 Å². The van der Waals surface area contributed by atoms with Crippen LogP contribution in [0.4, 0.5) is 0 Å². The number of carbonyl (C=O) groups is 2. The lowest BCUT2D eigenvalue weighted by atomic mass is 10.1. The highest BCUT2D eigenvalue weighted by atomic mass is 16.2. The van der Waals surface area contributed by atoms with Crippen LogP contribution in [0.2, 0.25) is 0 Å². The van der Waals surface area contributed by atoms with E-state index in [-0.39, 0.29) is 11.8 Å². The van der Waals surface area contributed by atoms with Crippen molar-refractivity contribution in [2.75, 3.05) is 6.54 Å². The van der Waals surface area contributed by atoms with Gasteiger partial charge >= 0.3 is 0 Å². The number of hydrogen-bond donors (Lipinski definition) is 3. The molecule has 4 N–H and O–H groups in total. The van der Waals surface area contributed by atoms with E-state index in [0.717, 1.165) is 18.4 Å². The molecule has 1 atom stereocenters. The molecule has 0 heterocycles. The van der Waals surface area contributed by atoms with Crippen molar-refractivity contribution in [3.8, 4) is 0 Å². The number of rotatable bonds is 8. The van der Waals surface area contributed by atoms with E-state index in [0.29, 0.717) is 31.8 Å². The molecule has 0 radical (unpaired) electrons. The summed E-state index contributed by atoms with van der Waals surface area (Å²) in [5, 5.41) is 5.70. The van der Waals surface area contributed by atoms with Gasteiger partial charge in [0.2, 0.25) is 11.8 Å². The Bertz CT molecular complexity index is 472. The Morgan fingerprint density at radius 2 is 1.95 bits per heavy atom. The highest BCUT2D eigenvalue weighted by Crippen LogP contribution is 2.18. The van der Waals surface area contributed by atoms with Gasteiger partial charge in [0, 0.05) is 19.0 Å². The fraction of sp³-hybridized carbons (Fsp3) is 0.500. The standard InChI is InChI=1S/C16H23N3O2/c17-14(11-12-5-2-1-3-6-12)16(21)18-10-4-7-15(20)19-13-8-9-13/h1-3,5-6,13-14H,4,7-11,17H2,(H,18,21)(H,19,20). The van der Waals surface area contributed by atoms with Crippen LogP contribution in [-0.2, 0) is 16.0 Å². The van der Waals surface area contributed by atoms with Crippen molar-refractivity contribution < 1.29 is 9.59 Å². The monoisotopic (exact) mass is 289 g/mol. The Kier molecular flexibility index (Phi) is 5.75. The minimum atomic E-state index is -0.548. The quantitative estimate of drug-likeness (QED) is 0.617. The number of carbonyl (C=O) groups excluding carboxylic acids is 2. The third-order valence-corrected chi connectivity index (χ3v) is 3.46. The van der Waals surface area contributed by atoms with Gasteiger partial charge in [-0.25, -0.2) is 0 Å². The van der Waals surface area contributed by atoms with E-state index in [1.54, 1.807) is 0 Å². The van der Waals surface area contributed by atoms with Gasteiger partial charge in [-0.3, -0.25) is 9.59 Å². The second-order valence-corrected chi connectivity index (χ2v) is 5.53. The molecule has 1 aliphatic carbocycles. The lowest BCUT2D eigenvalue weighted by molar-refractivity contribution is -0.123. The number of hydrogen-bond acceptors (Lipinski definition) is 3. The van der Waals surface area contributed by atoms with Gasteiger partial charge < -0.3 is 16.4 Å². The van der Waals surface area contributed by atoms with E-state index in [1.807, 2.05) is 30.3 Å². The van der Waals surface area contributed by atoms with Crippen LogP contribution in [0.3, 0.4) is 0 Å². The molecule has 5 heteroatoms. The van der Waals surface area contributed by atoms with Gasteiger partial charge in [-0.15, -0.1) is 0 Å². The SMILES string of the molecule is NC(Cc1ccccc1)C(=O)NCCCC(=O)NC1CC1. The zero-order valence-corrected chi connectivity index (χ0v) is 12.2. The van der Waals surface area contributed by atoms with Gasteiger partial charge in [0.1, 0.15) is 0 Å². The van der Waals surface area contributed by atoms with Gasteiger partial charge in [0.15, 0.2) is 0 Å². The van der Waals surface area contributed by atoms with Crippen molar-refractivity contribution in [3.63, 3.8) is 0 Å². The summed E-state index contributed by atoms with van der Waals surface area (Å²) in [6.07, 6.45) is 3.80. The number of nitrogens with one attached hydrogen (secondary N) is 2. The van der Waals surface area contributed by atoms with E-state index >= 15 is 0 Å². The summed E-state index contributed by atoms with van der Waals surface area (Å²) in [6, 6.07) is 9.54. The van der Waals surface area contributed by atoms with E-state index in [9.17, 15) is 9.59 Å². The lowest BCUT2D eigenvalue weighted by Crippen LogP contribution is -2.42.